The minimum absolute atomic E-state index is 0.335. The molecule has 1 aliphatic rings. The molecule has 0 saturated heterocycles. The van der Waals surface area contributed by atoms with Gasteiger partial charge in [-0.2, -0.15) is 0 Å². The maximum absolute atomic E-state index is 5.64. The molecule has 0 aliphatic heterocycles. The molecule has 2 N–H and O–H groups in total. The molecule has 0 amide bonds. The average Bonchev–Trinajstić information content (AvgIpc) is 2.99. The molecule has 2 rings (SSSR count). The highest BCUT2D eigenvalue weighted by Crippen LogP contribution is 2.53. The zero-order chi connectivity index (χ0) is 10.0. The van der Waals surface area contributed by atoms with Crippen molar-refractivity contribution < 1.29 is 4.74 Å². The molecule has 0 unspecified atom stereocenters. The van der Waals surface area contributed by atoms with Crippen LogP contribution in [-0.4, -0.2) is 13.7 Å². The minimum atomic E-state index is 0.335. The number of ether oxygens (including phenoxy) is 1. The predicted octanol–water partition coefficient (Wildman–Crippen LogP) is 2.08. The predicted molar refractivity (Wildman–Crippen MR) is 57.6 cm³/mol. The van der Waals surface area contributed by atoms with Gasteiger partial charge in [-0.05, 0) is 31.9 Å². The topological polar surface area (TPSA) is 35.2 Å². The lowest BCUT2D eigenvalue weighted by Crippen LogP contribution is -2.14. The van der Waals surface area contributed by atoms with E-state index in [0.717, 1.165) is 18.7 Å². The van der Waals surface area contributed by atoms with Crippen molar-refractivity contribution in [2.24, 2.45) is 5.73 Å². The lowest BCUT2D eigenvalue weighted by atomic mass is 9.92. The van der Waals surface area contributed by atoms with Gasteiger partial charge in [-0.25, -0.2) is 0 Å². The summed E-state index contributed by atoms with van der Waals surface area (Å²) >= 11 is 0. The van der Waals surface area contributed by atoms with Crippen LogP contribution in [0.25, 0.3) is 0 Å². The lowest BCUT2D eigenvalue weighted by molar-refractivity contribution is 0.402. The van der Waals surface area contributed by atoms with E-state index in [4.69, 9.17) is 10.5 Å². The van der Waals surface area contributed by atoms with Crippen molar-refractivity contribution in [3.05, 3.63) is 29.8 Å². The van der Waals surface area contributed by atoms with Crippen molar-refractivity contribution in [3.63, 3.8) is 0 Å². The number of rotatable bonds is 4. The molecule has 0 bridgehead atoms. The van der Waals surface area contributed by atoms with Crippen LogP contribution in [0.3, 0.4) is 0 Å². The summed E-state index contributed by atoms with van der Waals surface area (Å²) in [7, 11) is 1.73. The van der Waals surface area contributed by atoms with E-state index in [-0.39, 0.29) is 0 Å². The minimum Gasteiger partial charge on any atom is -0.496 e. The summed E-state index contributed by atoms with van der Waals surface area (Å²) in [6.45, 7) is 0.762. The number of methoxy groups -OCH3 is 1. The standard InChI is InChI=1S/C12H17NO/c1-14-11-5-3-2-4-10(11)12(6-7-12)8-9-13/h2-5H,6-9,13H2,1H3. The summed E-state index contributed by atoms with van der Waals surface area (Å²) in [5.41, 5.74) is 7.32. The first-order valence-electron chi connectivity index (χ1n) is 5.16. The van der Waals surface area contributed by atoms with E-state index in [1.807, 2.05) is 12.1 Å². The molecular formula is C12H17NO. The van der Waals surface area contributed by atoms with Crippen LogP contribution in [-0.2, 0) is 5.41 Å². The summed E-state index contributed by atoms with van der Waals surface area (Å²) in [6.07, 6.45) is 3.59. The van der Waals surface area contributed by atoms with Crippen molar-refractivity contribution >= 4 is 0 Å². The molecule has 0 radical (unpaired) electrons. The number of nitrogens with two attached hydrogens (primary N) is 1. The summed E-state index contributed by atoms with van der Waals surface area (Å²) in [6, 6.07) is 8.29. The van der Waals surface area contributed by atoms with Crippen molar-refractivity contribution in [1.82, 2.24) is 0 Å². The Bertz CT molecular complexity index is 318. The Morgan fingerprint density at radius 2 is 2.07 bits per heavy atom. The maximum Gasteiger partial charge on any atom is 0.122 e. The van der Waals surface area contributed by atoms with Gasteiger partial charge in [0.25, 0.3) is 0 Å². The molecule has 1 saturated carbocycles. The second-order valence-electron chi connectivity index (χ2n) is 4.02. The number of para-hydroxylation sites is 1. The normalized spacial score (nSPS) is 17.9. The van der Waals surface area contributed by atoms with Gasteiger partial charge in [0.05, 0.1) is 7.11 Å². The molecule has 0 spiro atoms. The molecule has 2 nitrogen and oxygen atoms in total. The molecule has 1 aromatic carbocycles. The average molecular weight is 191 g/mol. The van der Waals surface area contributed by atoms with Crippen molar-refractivity contribution in [2.45, 2.75) is 24.7 Å². The molecule has 0 atom stereocenters. The lowest BCUT2D eigenvalue weighted by Gasteiger charge is -2.17. The molecule has 1 fully saturated rings. The zero-order valence-corrected chi connectivity index (χ0v) is 8.62. The van der Waals surface area contributed by atoms with Crippen molar-refractivity contribution in [2.75, 3.05) is 13.7 Å². The highest BCUT2D eigenvalue weighted by Gasteiger charge is 2.44. The zero-order valence-electron chi connectivity index (χ0n) is 8.62. The monoisotopic (exact) mass is 191 g/mol. The summed E-state index contributed by atoms with van der Waals surface area (Å²) in [4.78, 5) is 0. The molecule has 0 aromatic heterocycles. The largest absolute Gasteiger partial charge is 0.496 e. The van der Waals surface area contributed by atoms with E-state index in [1.165, 1.54) is 18.4 Å². The van der Waals surface area contributed by atoms with E-state index >= 15 is 0 Å². The van der Waals surface area contributed by atoms with Crippen molar-refractivity contribution in [1.29, 1.82) is 0 Å². The molecule has 14 heavy (non-hydrogen) atoms. The fourth-order valence-electron chi connectivity index (χ4n) is 2.16. The third-order valence-electron chi connectivity index (χ3n) is 3.15. The Balaban J connectivity index is 2.31. The highest BCUT2D eigenvalue weighted by molar-refractivity contribution is 5.43. The third-order valence-corrected chi connectivity index (χ3v) is 3.15. The van der Waals surface area contributed by atoms with Crippen LogP contribution in [0.5, 0.6) is 5.75 Å². The molecule has 2 heteroatoms. The number of benzene rings is 1. The number of hydrogen-bond acceptors (Lipinski definition) is 2. The van der Waals surface area contributed by atoms with E-state index in [0.29, 0.717) is 5.41 Å². The summed E-state index contributed by atoms with van der Waals surface area (Å²) in [5.74, 6) is 1.01. The Hall–Kier alpha value is -1.02. The van der Waals surface area contributed by atoms with Crippen LogP contribution in [0.4, 0.5) is 0 Å². The Kier molecular flexibility index (Phi) is 2.46. The van der Waals surface area contributed by atoms with E-state index < -0.39 is 0 Å². The van der Waals surface area contributed by atoms with Gasteiger partial charge in [-0.15, -0.1) is 0 Å². The maximum atomic E-state index is 5.64. The molecule has 1 aliphatic carbocycles. The Morgan fingerprint density at radius 1 is 1.36 bits per heavy atom. The first-order chi connectivity index (χ1) is 6.82. The molecule has 0 heterocycles. The van der Waals surface area contributed by atoms with Gasteiger partial charge in [0.1, 0.15) is 5.75 Å². The first-order valence-corrected chi connectivity index (χ1v) is 5.16. The van der Waals surface area contributed by atoms with Crippen LogP contribution in [0.15, 0.2) is 24.3 Å². The Labute approximate surface area is 85.1 Å². The fraction of sp³-hybridized carbons (Fsp3) is 0.500. The van der Waals surface area contributed by atoms with Gasteiger partial charge >= 0.3 is 0 Å². The highest BCUT2D eigenvalue weighted by atomic mass is 16.5. The van der Waals surface area contributed by atoms with Crippen LogP contribution in [0, 0.1) is 0 Å². The van der Waals surface area contributed by atoms with E-state index in [2.05, 4.69) is 12.1 Å². The number of hydrogen-bond donors (Lipinski definition) is 1. The van der Waals surface area contributed by atoms with E-state index in [1.54, 1.807) is 7.11 Å². The van der Waals surface area contributed by atoms with Gasteiger partial charge in [-0.1, -0.05) is 18.2 Å². The summed E-state index contributed by atoms with van der Waals surface area (Å²) in [5, 5.41) is 0. The third kappa shape index (κ3) is 1.50. The first kappa shape index (κ1) is 9.53. The van der Waals surface area contributed by atoms with Gasteiger partial charge in [-0.3, -0.25) is 0 Å². The molecular weight excluding hydrogens is 174 g/mol. The quantitative estimate of drug-likeness (QED) is 0.790. The Morgan fingerprint density at radius 3 is 2.64 bits per heavy atom. The smallest absolute Gasteiger partial charge is 0.122 e. The fourth-order valence-corrected chi connectivity index (χ4v) is 2.16. The van der Waals surface area contributed by atoms with Gasteiger partial charge < -0.3 is 10.5 Å². The molecule has 1 aromatic rings. The van der Waals surface area contributed by atoms with Crippen LogP contribution in [0.1, 0.15) is 24.8 Å². The van der Waals surface area contributed by atoms with Gasteiger partial charge in [0, 0.05) is 11.0 Å². The SMILES string of the molecule is COc1ccccc1C1(CCN)CC1. The van der Waals surface area contributed by atoms with E-state index in [9.17, 15) is 0 Å². The van der Waals surface area contributed by atoms with Crippen LogP contribution in [0.2, 0.25) is 0 Å². The van der Waals surface area contributed by atoms with Gasteiger partial charge in [0.2, 0.25) is 0 Å². The van der Waals surface area contributed by atoms with Crippen LogP contribution < -0.4 is 10.5 Å². The molecule has 76 valence electrons. The summed E-state index contributed by atoms with van der Waals surface area (Å²) < 4.78 is 5.38. The second-order valence-corrected chi connectivity index (χ2v) is 4.02. The van der Waals surface area contributed by atoms with Crippen molar-refractivity contribution in [3.8, 4) is 5.75 Å². The van der Waals surface area contributed by atoms with Gasteiger partial charge in [0.15, 0.2) is 0 Å². The van der Waals surface area contributed by atoms with Crippen LogP contribution >= 0.6 is 0 Å². The second kappa shape index (κ2) is 3.62.